The molecule has 0 aliphatic rings. The zero-order chi connectivity index (χ0) is 15.2. The fourth-order valence-corrected chi connectivity index (χ4v) is 2.45. The van der Waals surface area contributed by atoms with Crippen molar-refractivity contribution in [2.45, 2.75) is 0 Å². The second-order valence-corrected chi connectivity index (χ2v) is 5.47. The number of carbonyl (C=O) groups excluding carboxylic acids is 1. The van der Waals surface area contributed by atoms with Crippen molar-refractivity contribution < 1.29 is 9.53 Å². The quantitative estimate of drug-likeness (QED) is 0.525. The lowest BCUT2D eigenvalue weighted by Gasteiger charge is -2.02. The first-order chi connectivity index (χ1) is 10.8. The number of pyridine rings is 1. The molecule has 4 heteroatoms. The van der Waals surface area contributed by atoms with Crippen molar-refractivity contribution >= 4 is 29.5 Å². The highest BCUT2D eigenvalue weighted by Crippen LogP contribution is 2.17. The molecule has 3 rings (SSSR count). The van der Waals surface area contributed by atoms with Crippen molar-refractivity contribution in [3.8, 4) is 5.75 Å². The molecule has 2 aromatic heterocycles. The Bertz CT molecular complexity index is 763. The third kappa shape index (κ3) is 3.68. The first-order valence-electron chi connectivity index (χ1n) is 6.76. The lowest BCUT2D eigenvalue weighted by atomic mass is 10.2. The first-order valence-corrected chi connectivity index (χ1v) is 7.64. The molecule has 3 aromatic rings. The Kier molecular flexibility index (Phi) is 4.41. The van der Waals surface area contributed by atoms with Crippen LogP contribution in [0.1, 0.15) is 20.9 Å². The third-order valence-electron chi connectivity index (χ3n) is 2.95. The van der Waals surface area contributed by atoms with E-state index in [9.17, 15) is 4.79 Å². The Morgan fingerprint density at radius 3 is 2.55 bits per heavy atom. The van der Waals surface area contributed by atoms with Crippen molar-refractivity contribution in [1.29, 1.82) is 0 Å². The van der Waals surface area contributed by atoms with Crippen molar-refractivity contribution in [1.82, 2.24) is 4.98 Å². The van der Waals surface area contributed by atoms with Gasteiger partial charge < -0.3 is 4.74 Å². The van der Waals surface area contributed by atoms with Gasteiger partial charge >= 0.3 is 5.97 Å². The van der Waals surface area contributed by atoms with E-state index in [0.717, 1.165) is 11.3 Å². The van der Waals surface area contributed by atoms with Gasteiger partial charge in [-0.15, -0.1) is 11.3 Å². The average molecular weight is 307 g/mol. The molecular weight excluding hydrogens is 294 g/mol. The monoisotopic (exact) mass is 307 g/mol. The summed E-state index contributed by atoms with van der Waals surface area (Å²) in [5, 5.41) is 1.85. The lowest BCUT2D eigenvalue weighted by molar-refractivity contribution is 0.0740. The molecular formula is C18H13NO2S. The minimum atomic E-state index is -0.327. The standard InChI is InChI=1S/C18H13NO2S/c20-18(17-5-3-13-22-17)21-16-10-7-14(8-11-16)6-9-15-4-1-2-12-19-15/h1-13H. The van der Waals surface area contributed by atoms with E-state index in [-0.39, 0.29) is 5.97 Å². The maximum atomic E-state index is 11.8. The summed E-state index contributed by atoms with van der Waals surface area (Å²) in [6, 6.07) is 16.7. The highest BCUT2D eigenvalue weighted by atomic mass is 32.1. The number of carbonyl (C=O) groups is 1. The molecule has 3 nitrogen and oxygen atoms in total. The normalized spacial score (nSPS) is 10.7. The zero-order valence-electron chi connectivity index (χ0n) is 11.7. The van der Waals surface area contributed by atoms with Crippen LogP contribution in [0.5, 0.6) is 5.75 Å². The molecule has 0 aliphatic heterocycles. The summed E-state index contributed by atoms with van der Waals surface area (Å²) >= 11 is 1.37. The SMILES string of the molecule is O=C(Oc1ccc(C=Cc2ccccn2)cc1)c1cccs1. The highest BCUT2D eigenvalue weighted by molar-refractivity contribution is 7.12. The van der Waals surface area contributed by atoms with E-state index < -0.39 is 0 Å². The smallest absolute Gasteiger partial charge is 0.353 e. The molecule has 0 N–H and O–H groups in total. The second kappa shape index (κ2) is 6.83. The Hall–Kier alpha value is -2.72. The largest absolute Gasteiger partial charge is 0.422 e. The number of nitrogens with zero attached hydrogens (tertiary/aromatic N) is 1. The number of hydrogen-bond donors (Lipinski definition) is 0. The highest BCUT2D eigenvalue weighted by Gasteiger charge is 2.08. The number of benzene rings is 1. The van der Waals surface area contributed by atoms with Gasteiger partial charge in [-0.25, -0.2) is 4.79 Å². The van der Waals surface area contributed by atoms with Crippen LogP contribution in [0.3, 0.4) is 0 Å². The lowest BCUT2D eigenvalue weighted by Crippen LogP contribution is -2.05. The van der Waals surface area contributed by atoms with Crippen LogP contribution in [0.25, 0.3) is 12.2 Å². The van der Waals surface area contributed by atoms with Gasteiger partial charge in [-0.3, -0.25) is 4.98 Å². The van der Waals surface area contributed by atoms with Crippen LogP contribution in [0, 0.1) is 0 Å². The molecule has 0 unspecified atom stereocenters. The van der Waals surface area contributed by atoms with Crippen molar-refractivity contribution in [3.63, 3.8) is 0 Å². The first kappa shape index (κ1) is 14.2. The molecule has 0 amide bonds. The summed E-state index contributed by atoms with van der Waals surface area (Å²) < 4.78 is 5.31. The predicted octanol–water partition coefficient (Wildman–Crippen LogP) is 4.53. The summed E-state index contributed by atoms with van der Waals surface area (Å²) in [6.07, 6.45) is 5.66. The molecule has 0 fully saturated rings. The van der Waals surface area contributed by atoms with Gasteiger partial charge in [0.1, 0.15) is 10.6 Å². The van der Waals surface area contributed by atoms with Gasteiger partial charge in [0.2, 0.25) is 0 Å². The van der Waals surface area contributed by atoms with Crippen LogP contribution in [0.15, 0.2) is 66.2 Å². The molecule has 0 aliphatic carbocycles. The van der Waals surface area contributed by atoms with Gasteiger partial charge in [0.15, 0.2) is 0 Å². The van der Waals surface area contributed by atoms with Crippen LogP contribution in [0.2, 0.25) is 0 Å². The molecule has 2 heterocycles. The number of ether oxygens (including phenoxy) is 1. The Balaban J connectivity index is 1.65. The summed E-state index contributed by atoms with van der Waals surface area (Å²) in [4.78, 5) is 16.7. The maximum absolute atomic E-state index is 11.8. The van der Waals surface area contributed by atoms with Crippen LogP contribution in [0.4, 0.5) is 0 Å². The molecule has 1 aromatic carbocycles. The molecule has 0 saturated heterocycles. The van der Waals surface area contributed by atoms with Crippen molar-refractivity contribution in [2.75, 3.05) is 0 Å². The number of rotatable bonds is 4. The number of aromatic nitrogens is 1. The van der Waals surface area contributed by atoms with Gasteiger partial charge in [0.25, 0.3) is 0 Å². The van der Waals surface area contributed by atoms with Crippen LogP contribution in [-0.2, 0) is 0 Å². The van der Waals surface area contributed by atoms with E-state index in [0.29, 0.717) is 10.6 Å². The van der Waals surface area contributed by atoms with Crippen LogP contribution in [-0.4, -0.2) is 11.0 Å². The minimum Gasteiger partial charge on any atom is -0.422 e. The van der Waals surface area contributed by atoms with Crippen LogP contribution >= 0.6 is 11.3 Å². The fraction of sp³-hybridized carbons (Fsp3) is 0. The van der Waals surface area contributed by atoms with E-state index in [1.807, 2.05) is 53.9 Å². The number of hydrogen-bond acceptors (Lipinski definition) is 4. The van der Waals surface area contributed by atoms with Gasteiger partial charge in [-0.05, 0) is 47.4 Å². The Morgan fingerprint density at radius 2 is 1.86 bits per heavy atom. The van der Waals surface area contributed by atoms with Gasteiger partial charge in [0.05, 0.1) is 5.69 Å². The summed E-state index contributed by atoms with van der Waals surface area (Å²) in [7, 11) is 0. The van der Waals surface area contributed by atoms with Gasteiger partial charge in [0, 0.05) is 6.20 Å². The molecule has 0 saturated carbocycles. The summed E-state index contributed by atoms with van der Waals surface area (Å²) in [5.41, 5.74) is 1.91. The van der Waals surface area contributed by atoms with Crippen LogP contribution < -0.4 is 4.74 Å². The topological polar surface area (TPSA) is 39.2 Å². The van der Waals surface area contributed by atoms with Crippen molar-refractivity contribution in [3.05, 3.63) is 82.3 Å². The van der Waals surface area contributed by atoms with Gasteiger partial charge in [-0.1, -0.05) is 30.3 Å². The molecule has 0 bridgehead atoms. The maximum Gasteiger partial charge on any atom is 0.353 e. The zero-order valence-corrected chi connectivity index (χ0v) is 12.5. The average Bonchev–Trinajstić information content (AvgIpc) is 3.10. The van der Waals surface area contributed by atoms with E-state index in [1.54, 1.807) is 24.4 Å². The van der Waals surface area contributed by atoms with E-state index in [2.05, 4.69) is 4.98 Å². The minimum absolute atomic E-state index is 0.327. The third-order valence-corrected chi connectivity index (χ3v) is 3.80. The number of thiophene rings is 1. The van der Waals surface area contributed by atoms with E-state index >= 15 is 0 Å². The van der Waals surface area contributed by atoms with Gasteiger partial charge in [-0.2, -0.15) is 0 Å². The molecule has 0 radical (unpaired) electrons. The molecule has 0 spiro atoms. The summed E-state index contributed by atoms with van der Waals surface area (Å²) in [6.45, 7) is 0. The molecule has 0 atom stereocenters. The number of esters is 1. The van der Waals surface area contributed by atoms with E-state index in [1.165, 1.54) is 11.3 Å². The summed E-state index contributed by atoms with van der Waals surface area (Å²) in [5.74, 6) is 0.208. The molecule has 22 heavy (non-hydrogen) atoms. The van der Waals surface area contributed by atoms with E-state index in [4.69, 9.17) is 4.74 Å². The predicted molar refractivity (Wildman–Crippen MR) is 88.9 cm³/mol. The second-order valence-electron chi connectivity index (χ2n) is 4.52. The Labute approximate surface area is 132 Å². The van der Waals surface area contributed by atoms with Crippen molar-refractivity contribution in [2.24, 2.45) is 0 Å². The Morgan fingerprint density at radius 1 is 1.00 bits per heavy atom. The molecule has 108 valence electrons. The fourth-order valence-electron chi connectivity index (χ4n) is 1.86.